The molecule has 3 nitrogen and oxygen atoms in total. The van der Waals surface area contributed by atoms with Gasteiger partial charge >= 0.3 is 0 Å². The topological polar surface area (TPSA) is 38.5 Å². The molecule has 2 aliphatic rings. The van der Waals surface area contributed by atoms with Crippen LogP contribution in [0.3, 0.4) is 0 Å². The first-order valence-corrected chi connectivity index (χ1v) is 6.80. The Morgan fingerprint density at radius 1 is 1.33 bits per heavy atom. The summed E-state index contributed by atoms with van der Waals surface area (Å²) in [4.78, 5) is 2.40. The number of hydrogen-bond donors (Lipinski definition) is 1. The van der Waals surface area contributed by atoms with E-state index in [1.807, 2.05) is 0 Å². The second kappa shape index (κ2) is 4.65. The van der Waals surface area contributed by atoms with Crippen LogP contribution in [0.15, 0.2) is 24.3 Å². The summed E-state index contributed by atoms with van der Waals surface area (Å²) < 4.78 is 5.34. The molecule has 1 aromatic rings. The van der Waals surface area contributed by atoms with Gasteiger partial charge in [-0.1, -0.05) is 24.3 Å². The Bertz CT molecular complexity index is 405. The third kappa shape index (κ3) is 1.96. The summed E-state index contributed by atoms with van der Waals surface area (Å²) in [6.07, 6.45) is 1.28. The zero-order chi connectivity index (χ0) is 12.6. The van der Waals surface area contributed by atoms with Crippen molar-refractivity contribution in [1.29, 1.82) is 0 Å². The summed E-state index contributed by atoms with van der Waals surface area (Å²) in [5, 5.41) is 0. The number of nitrogens with two attached hydrogens (primary N) is 1. The number of likely N-dealkylation sites (N-methyl/N-ethyl adjacent to an activating group) is 1. The molecule has 3 rings (SSSR count). The molecule has 18 heavy (non-hydrogen) atoms. The summed E-state index contributed by atoms with van der Waals surface area (Å²) in [6.45, 7) is 4.63. The smallest absolute Gasteiger partial charge is 0.0597 e. The van der Waals surface area contributed by atoms with Crippen molar-refractivity contribution in [3.63, 3.8) is 0 Å². The molecule has 0 amide bonds. The van der Waals surface area contributed by atoms with Crippen molar-refractivity contribution in [2.45, 2.75) is 17.8 Å². The standard InChI is InChI=1S/C15H22N2O/c1-17-7-6-13(8-17)12-2-4-14(5-3-12)15(9-16)10-18-11-15/h2-5,13H,6-11,16H2,1H3. The largest absolute Gasteiger partial charge is 0.379 e. The van der Waals surface area contributed by atoms with Crippen LogP contribution in [0.4, 0.5) is 0 Å². The Balaban J connectivity index is 1.77. The lowest BCUT2D eigenvalue weighted by atomic mass is 9.78. The highest BCUT2D eigenvalue weighted by atomic mass is 16.5. The van der Waals surface area contributed by atoms with Gasteiger partial charge in [0.25, 0.3) is 0 Å². The number of benzene rings is 1. The summed E-state index contributed by atoms with van der Waals surface area (Å²) in [5.74, 6) is 0.704. The molecule has 0 bridgehead atoms. The summed E-state index contributed by atoms with van der Waals surface area (Å²) in [5.41, 5.74) is 8.79. The van der Waals surface area contributed by atoms with Crippen molar-refractivity contribution in [1.82, 2.24) is 4.90 Å². The quantitative estimate of drug-likeness (QED) is 0.874. The van der Waals surface area contributed by atoms with Crippen LogP contribution < -0.4 is 5.73 Å². The molecule has 2 aliphatic heterocycles. The predicted molar refractivity (Wildman–Crippen MR) is 72.8 cm³/mol. The fourth-order valence-corrected chi connectivity index (χ4v) is 3.07. The summed E-state index contributed by atoms with van der Waals surface area (Å²) in [6, 6.07) is 9.08. The predicted octanol–water partition coefficient (Wildman–Crippen LogP) is 1.33. The van der Waals surface area contributed by atoms with Gasteiger partial charge in [0.1, 0.15) is 0 Å². The molecule has 2 N–H and O–H groups in total. The van der Waals surface area contributed by atoms with E-state index in [1.165, 1.54) is 30.6 Å². The van der Waals surface area contributed by atoms with Crippen molar-refractivity contribution in [2.24, 2.45) is 5.73 Å². The molecule has 1 aromatic carbocycles. The van der Waals surface area contributed by atoms with E-state index in [9.17, 15) is 0 Å². The minimum Gasteiger partial charge on any atom is -0.379 e. The van der Waals surface area contributed by atoms with Crippen LogP contribution in [0, 0.1) is 0 Å². The van der Waals surface area contributed by atoms with Crippen molar-refractivity contribution in [3.05, 3.63) is 35.4 Å². The number of rotatable bonds is 3. The maximum absolute atomic E-state index is 5.89. The summed E-state index contributed by atoms with van der Waals surface area (Å²) >= 11 is 0. The van der Waals surface area contributed by atoms with Crippen LogP contribution >= 0.6 is 0 Å². The maximum atomic E-state index is 5.89. The van der Waals surface area contributed by atoms with E-state index in [0.29, 0.717) is 12.5 Å². The highest BCUT2D eigenvalue weighted by Crippen LogP contribution is 2.33. The molecule has 0 spiro atoms. The molecule has 2 fully saturated rings. The molecule has 1 atom stereocenters. The molecule has 3 heteroatoms. The van der Waals surface area contributed by atoms with E-state index in [2.05, 4.69) is 36.2 Å². The minimum atomic E-state index is 0.0883. The minimum absolute atomic E-state index is 0.0883. The van der Waals surface area contributed by atoms with Gasteiger partial charge in [-0.3, -0.25) is 0 Å². The van der Waals surface area contributed by atoms with E-state index in [4.69, 9.17) is 10.5 Å². The Morgan fingerprint density at radius 2 is 2.06 bits per heavy atom. The summed E-state index contributed by atoms with van der Waals surface area (Å²) in [7, 11) is 2.20. The molecule has 0 aromatic heterocycles. The van der Waals surface area contributed by atoms with Gasteiger partial charge in [0, 0.05) is 13.1 Å². The normalized spacial score (nSPS) is 27.1. The number of hydrogen-bond acceptors (Lipinski definition) is 3. The second-order valence-corrected chi connectivity index (χ2v) is 5.85. The first kappa shape index (κ1) is 12.2. The van der Waals surface area contributed by atoms with Gasteiger partial charge in [-0.15, -0.1) is 0 Å². The van der Waals surface area contributed by atoms with Crippen LogP contribution in [-0.4, -0.2) is 44.8 Å². The van der Waals surface area contributed by atoms with Gasteiger partial charge < -0.3 is 15.4 Å². The van der Waals surface area contributed by atoms with Gasteiger partial charge in [0.15, 0.2) is 0 Å². The van der Waals surface area contributed by atoms with Crippen LogP contribution in [0.25, 0.3) is 0 Å². The molecule has 0 aliphatic carbocycles. The lowest BCUT2D eigenvalue weighted by Crippen LogP contribution is -2.52. The van der Waals surface area contributed by atoms with E-state index in [1.54, 1.807) is 0 Å². The van der Waals surface area contributed by atoms with Crippen molar-refractivity contribution >= 4 is 0 Å². The molecule has 0 radical (unpaired) electrons. The average Bonchev–Trinajstić information content (AvgIpc) is 2.76. The molecular formula is C15H22N2O. The van der Waals surface area contributed by atoms with Crippen molar-refractivity contribution in [3.8, 4) is 0 Å². The van der Waals surface area contributed by atoms with Gasteiger partial charge in [0.2, 0.25) is 0 Å². The average molecular weight is 246 g/mol. The lowest BCUT2D eigenvalue weighted by Gasteiger charge is -2.41. The monoisotopic (exact) mass is 246 g/mol. The fraction of sp³-hybridized carbons (Fsp3) is 0.600. The van der Waals surface area contributed by atoms with E-state index < -0.39 is 0 Å². The molecule has 2 heterocycles. The number of likely N-dealkylation sites (tertiary alicyclic amines) is 1. The third-order valence-corrected chi connectivity index (χ3v) is 4.53. The van der Waals surface area contributed by atoms with Crippen LogP contribution in [0.1, 0.15) is 23.5 Å². The van der Waals surface area contributed by atoms with E-state index >= 15 is 0 Å². The zero-order valence-electron chi connectivity index (χ0n) is 11.1. The maximum Gasteiger partial charge on any atom is 0.0597 e. The fourth-order valence-electron chi connectivity index (χ4n) is 3.07. The van der Waals surface area contributed by atoms with Gasteiger partial charge in [0.05, 0.1) is 18.6 Å². The first-order valence-electron chi connectivity index (χ1n) is 6.80. The molecule has 2 saturated heterocycles. The Kier molecular flexibility index (Phi) is 3.14. The van der Waals surface area contributed by atoms with Crippen molar-refractivity contribution < 1.29 is 4.74 Å². The van der Waals surface area contributed by atoms with Crippen molar-refractivity contribution in [2.75, 3.05) is 39.9 Å². The SMILES string of the molecule is CN1CCC(c2ccc(C3(CN)COC3)cc2)C1. The Labute approximate surface area is 109 Å². The van der Waals surface area contributed by atoms with Gasteiger partial charge in [-0.2, -0.15) is 0 Å². The van der Waals surface area contributed by atoms with Crippen LogP contribution in [-0.2, 0) is 10.2 Å². The molecule has 0 saturated carbocycles. The molecule has 98 valence electrons. The number of ether oxygens (including phenoxy) is 1. The molecular weight excluding hydrogens is 224 g/mol. The van der Waals surface area contributed by atoms with E-state index in [-0.39, 0.29) is 5.41 Å². The zero-order valence-corrected chi connectivity index (χ0v) is 11.1. The van der Waals surface area contributed by atoms with Crippen LogP contribution in [0.5, 0.6) is 0 Å². The third-order valence-electron chi connectivity index (χ3n) is 4.53. The molecule has 1 unspecified atom stereocenters. The first-order chi connectivity index (χ1) is 8.73. The highest BCUT2D eigenvalue weighted by molar-refractivity contribution is 5.33. The van der Waals surface area contributed by atoms with Gasteiger partial charge in [-0.25, -0.2) is 0 Å². The van der Waals surface area contributed by atoms with Crippen LogP contribution in [0.2, 0.25) is 0 Å². The Hall–Kier alpha value is -0.900. The highest BCUT2D eigenvalue weighted by Gasteiger charge is 2.39. The van der Waals surface area contributed by atoms with Gasteiger partial charge in [-0.05, 0) is 37.1 Å². The second-order valence-electron chi connectivity index (χ2n) is 5.85. The Morgan fingerprint density at radius 3 is 2.50 bits per heavy atom. The lowest BCUT2D eigenvalue weighted by molar-refractivity contribution is -0.0550. The number of nitrogens with zero attached hydrogens (tertiary/aromatic N) is 1. The van der Waals surface area contributed by atoms with E-state index in [0.717, 1.165) is 13.2 Å².